The van der Waals surface area contributed by atoms with Gasteiger partial charge >= 0.3 is 0 Å². The summed E-state index contributed by atoms with van der Waals surface area (Å²) in [6.07, 6.45) is 0.799. The molecule has 1 saturated heterocycles. The molecule has 1 rings (SSSR count). The number of aliphatic hydroxyl groups is 1. The van der Waals surface area contributed by atoms with E-state index in [1.807, 2.05) is 14.1 Å². The summed E-state index contributed by atoms with van der Waals surface area (Å²) in [5.41, 5.74) is 0. The van der Waals surface area contributed by atoms with Crippen LogP contribution in [0.15, 0.2) is 0 Å². The van der Waals surface area contributed by atoms with Crippen molar-refractivity contribution in [1.82, 2.24) is 4.90 Å². The molecule has 0 bridgehead atoms. The molecular formula is C7H15NO2. The highest BCUT2D eigenvalue weighted by Gasteiger charge is 2.23. The van der Waals surface area contributed by atoms with Crippen LogP contribution >= 0.6 is 0 Å². The van der Waals surface area contributed by atoms with Crippen LogP contribution in [0.5, 0.6) is 0 Å². The van der Waals surface area contributed by atoms with Crippen molar-refractivity contribution in [2.75, 3.05) is 27.2 Å². The van der Waals surface area contributed by atoms with Crippen LogP contribution in [-0.4, -0.2) is 49.5 Å². The van der Waals surface area contributed by atoms with Crippen molar-refractivity contribution in [1.29, 1.82) is 0 Å². The molecule has 1 fully saturated rings. The zero-order valence-corrected chi connectivity index (χ0v) is 6.58. The summed E-state index contributed by atoms with van der Waals surface area (Å²) in [4.78, 5) is 2.07. The number of hydrogen-bond donors (Lipinski definition) is 1. The average Bonchev–Trinajstić information content (AvgIpc) is 2.13. The molecule has 0 aromatic heterocycles. The van der Waals surface area contributed by atoms with Crippen LogP contribution in [0.4, 0.5) is 0 Å². The zero-order chi connectivity index (χ0) is 7.56. The van der Waals surface area contributed by atoms with E-state index in [0.717, 1.165) is 13.0 Å². The summed E-state index contributed by atoms with van der Waals surface area (Å²) in [6, 6.07) is 0. The van der Waals surface area contributed by atoms with E-state index in [1.54, 1.807) is 0 Å². The van der Waals surface area contributed by atoms with Gasteiger partial charge in [0.15, 0.2) is 0 Å². The quantitative estimate of drug-likeness (QED) is 0.579. The summed E-state index contributed by atoms with van der Waals surface area (Å²) in [5.74, 6) is 0. The van der Waals surface area contributed by atoms with Crippen molar-refractivity contribution < 1.29 is 9.84 Å². The van der Waals surface area contributed by atoms with Crippen LogP contribution in [0.2, 0.25) is 0 Å². The summed E-state index contributed by atoms with van der Waals surface area (Å²) < 4.78 is 5.28. The maximum absolute atomic E-state index is 9.07. The third kappa shape index (κ3) is 2.25. The van der Waals surface area contributed by atoms with Gasteiger partial charge < -0.3 is 14.7 Å². The Hall–Kier alpha value is -0.120. The number of likely N-dealkylation sites (N-methyl/N-ethyl adjacent to an activating group) is 1. The lowest BCUT2D eigenvalue weighted by atomic mass is 10.2. The number of ether oxygens (including phenoxy) is 1. The van der Waals surface area contributed by atoms with Crippen molar-refractivity contribution in [3.63, 3.8) is 0 Å². The highest BCUT2D eigenvalue weighted by molar-refractivity contribution is 4.73. The van der Waals surface area contributed by atoms with Gasteiger partial charge in [-0.25, -0.2) is 0 Å². The van der Waals surface area contributed by atoms with Gasteiger partial charge in [-0.05, 0) is 14.1 Å². The molecule has 10 heavy (non-hydrogen) atoms. The van der Waals surface area contributed by atoms with Gasteiger partial charge in [0.1, 0.15) is 0 Å². The Morgan fingerprint density at radius 3 is 2.70 bits per heavy atom. The van der Waals surface area contributed by atoms with Crippen LogP contribution in [-0.2, 0) is 4.74 Å². The van der Waals surface area contributed by atoms with E-state index in [9.17, 15) is 0 Å². The first kappa shape index (κ1) is 7.98. The zero-order valence-electron chi connectivity index (χ0n) is 6.58. The van der Waals surface area contributed by atoms with Gasteiger partial charge in [-0.2, -0.15) is 0 Å². The van der Waals surface area contributed by atoms with Crippen LogP contribution in [0.1, 0.15) is 6.42 Å². The predicted molar refractivity (Wildman–Crippen MR) is 38.9 cm³/mol. The Bertz CT molecular complexity index is 106. The van der Waals surface area contributed by atoms with Gasteiger partial charge in [0, 0.05) is 13.0 Å². The van der Waals surface area contributed by atoms with Crippen LogP contribution in [0.25, 0.3) is 0 Å². The Morgan fingerprint density at radius 2 is 2.30 bits per heavy atom. The van der Waals surface area contributed by atoms with Gasteiger partial charge in [0.2, 0.25) is 0 Å². The smallest absolute Gasteiger partial charge is 0.0799 e. The molecule has 3 heteroatoms. The Labute approximate surface area is 61.6 Å². The lowest BCUT2D eigenvalue weighted by molar-refractivity contribution is 0.0738. The number of aliphatic hydroxyl groups excluding tert-OH is 1. The molecular weight excluding hydrogens is 130 g/mol. The molecule has 0 unspecified atom stereocenters. The summed E-state index contributed by atoms with van der Waals surface area (Å²) in [5, 5.41) is 9.07. The second-order valence-electron chi connectivity index (χ2n) is 3.11. The topological polar surface area (TPSA) is 32.7 Å². The van der Waals surface area contributed by atoms with Crippen LogP contribution < -0.4 is 0 Å². The molecule has 0 aliphatic carbocycles. The minimum Gasteiger partial charge on any atom is -0.391 e. The molecule has 1 aliphatic heterocycles. The molecule has 0 radical (unpaired) electrons. The highest BCUT2D eigenvalue weighted by atomic mass is 16.5. The monoisotopic (exact) mass is 145 g/mol. The molecule has 60 valence electrons. The van der Waals surface area contributed by atoms with Gasteiger partial charge in [0.05, 0.1) is 18.8 Å². The number of rotatable bonds is 2. The molecule has 1 heterocycles. The second kappa shape index (κ2) is 3.32. The first-order valence-corrected chi connectivity index (χ1v) is 3.63. The maximum Gasteiger partial charge on any atom is 0.0799 e. The molecule has 0 spiro atoms. The molecule has 0 aromatic carbocycles. The molecule has 1 N–H and O–H groups in total. The summed E-state index contributed by atoms with van der Waals surface area (Å²) in [6.45, 7) is 1.43. The molecule has 0 aromatic rings. The number of hydrogen-bond acceptors (Lipinski definition) is 3. The fourth-order valence-corrected chi connectivity index (χ4v) is 1.22. The minimum atomic E-state index is -0.232. The standard InChI is InChI=1S/C7H15NO2/c1-8(2)4-7-3-6(9)5-10-7/h6-7,9H,3-5H2,1-2H3/t6-,7+/m0/s1. The van der Waals surface area contributed by atoms with Crippen LogP contribution in [0.3, 0.4) is 0 Å². The van der Waals surface area contributed by atoms with E-state index < -0.39 is 0 Å². The largest absolute Gasteiger partial charge is 0.391 e. The first-order chi connectivity index (χ1) is 4.68. The van der Waals surface area contributed by atoms with Crippen molar-refractivity contribution in [2.24, 2.45) is 0 Å². The van der Waals surface area contributed by atoms with E-state index in [2.05, 4.69) is 4.90 Å². The van der Waals surface area contributed by atoms with E-state index in [0.29, 0.717) is 6.61 Å². The van der Waals surface area contributed by atoms with Gasteiger partial charge in [0.25, 0.3) is 0 Å². The summed E-state index contributed by atoms with van der Waals surface area (Å²) in [7, 11) is 4.02. The van der Waals surface area contributed by atoms with Gasteiger partial charge in [-0.15, -0.1) is 0 Å². The summed E-state index contributed by atoms with van der Waals surface area (Å²) >= 11 is 0. The van der Waals surface area contributed by atoms with E-state index in [1.165, 1.54) is 0 Å². The van der Waals surface area contributed by atoms with Crippen LogP contribution in [0, 0.1) is 0 Å². The van der Waals surface area contributed by atoms with E-state index >= 15 is 0 Å². The Kier molecular flexibility index (Phi) is 2.65. The Balaban J connectivity index is 2.18. The number of nitrogens with zero attached hydrogens (tertiary/aromatic N) is 1. The van der Waals surface area contributed by atoms with E-state index in [4.69, 9.17) is 9.84 Å². The van der Waals surface area contributed by atoms with Crippen molar-refractivity contribution in [3.05, 3.63) is 0 Å². The molecule has 3 nitrogen and oxygen atoms in total. The SMILES string of the molecule is CN(C)C[C@H]1C[C@H](O)CO1. The lowest BCUT2D eigenvalue weighted by Crippen LogP contribution is -2.25. The van der Waals surface area contributed by atoms with Crippen molar-refractivity contribution in [3.8, 4) is 0 Å². The third-order valence-electron chi connectivity index (χ3n) is 1.63. The Morgan fingerprint density at radius 1 is 1.60 bits per heavy atom. The second-order valence-corrected chi connectivity index (χ2v) is 3.11. The van der Waals surface area contributed by atoms with Crippen molar-refractivity contribution >= 4 is 0 Å². The molecule has 0 saturated carbocycles. The molecule has 0 amide bonds. The molecule has 1 aliphatic rings. The lowest BCUT2D eigenvalue weighted by Gasteiger charge is -2.14. The van der Waals surface area contributed by atoms with E-state index in [-0.39, 0.29) is 12.2 Å². The van der Waals surface area contributed by atoms with Gasteiger partial charge in [-0.3, -0.25) is 0 Å². The predicted octanol–water partition coefficient (Wildman–Crippen LogP) is -0.302. The van der Waals surface area contributed by atoms with Crippen molar-refractivity contribution in [2.45, 2.75) is 18.6 Å². The van der Waals surface area contributed by atoms with Gasteiger partial charge in [-0.1, -0.05) is 0 Å². The third-order valence-corrected chi connectivity index (χ3v) is 1.63. The molecule has 2 atom stereocenters. The fraction of sp³-hybridized carbons (Fsp3) is 1.00. The minimum absolute atomic E-state index is 0.232. The highest BCUT2D eigenvalue weighted by Crippen LogP contribution is 2.12. The first-order valence-electron chi connectivity index (χ1n) is 3.63. The fourth-order valence-electron chi connectivity index (χ4n) is 1.22. The normalized spacial score (nSPS) is 33.6. The average molecular weight is 145 g/mol. The maximum atomic E-state index is 9.07.